The molecule has 1 unspecified atom stereocenters. The minimum Gasteiger partial charge on any atom is -0.496 e. The number of carbonyl (C=O) groups is 1. The van der Waals surface area contributed by atoms with Gasteiger partial charge in [0.2, 0.25) is 0 Å². The van der Waals surface area contributed by atoms with Crippen molar-refractivity contribution in [2.24, 2.45) is 4.99 Å². The fourth-order valence-corrected chi connectivity index (χ4v) is 2.20. The maximum atomic E-state index is 11.7. The van der Waals surface area contributed by atoms with Crippen LogP contribution < -0.4 is 0 Å². The van der Waals surface area contributed by atoms with Crippen LogP contribution in [0.5, 0.6) is 0 Å². The number of aliphatic imine (C=N–C) groups is 1. The number of methoxy groups -OCH3 is 2. The Morgan fingerprint density at radius 2 is 2.29 bits per heavy atom. The molecule has 0 fully saturated rings. The van der Waals surface area contributed by atoms with Gasteiger partial charge in [-0.3, -0.25) is 4.99 Å². The lowest BCUT2D eigenvalue weighted by atomic mass is 9.96. The van der Waals surface area contributed by atoms with Crippen LogP contribution in [0.4, 0.5) is 0 Å². The zero-order chi connectivity index (χ0) is 12.4. The van der Waals surface area contributed by atoms with E-state index >= 15 is 0 Å². The standard InChI is InChI=1S/C12H16N2O3/c1-14-7-8-5-4-6-13-9(8)11(16-2)10(14)12(15)17-3/h5-6,9H,4,7H2,1-3H3. The number of dihydropyridines is 1. The number of nitrogens with zero attached hydrogens (tertiary/aromatic N) is 2. The molecule has 1 atom stereocenters. The molecule has 0 saturated carbocycles. The average molecular weight is 236 g/mol. The molecule has 0 aliphatic carbocycles. The van der Waals surface area contributed by atoms with Crippen molar-refractivity contribution in [3.63, 3.8) is 0 Å². The van der Waals surface area contributed by atoms with Crippen molar-refractivity contribution in [3.8, 4) is 0 Å². The molecular formula is C12H16N2O3. The molecule has 0 aromatic carbocycles. The van der Waals surface area contributed by atoms with Crippen LogP contribution in [0.2, 0.25) is 0 Å². The summed E-state index contributed by atoms with van der Waals surface area (Å²) in [7, 11) is 4.77. The Bertz CT molecular complexity index is 423. The third-order valence-electron chi connectivity index (χ3n) is 2.97. The molecule has 92 valence electrons. The fraction of sp³-hybridized carbons (Fsp3) is 0.500. The lowest BCUT2D eigenvalue weighted by Crippen LogP contribution is -2.39. The van der Waals surface area contributed by atoms with E-state index in [9.17, 15) is 4.79 Å². The number of allylic oxidation sites excluding steroid dienone is 1. The van der Waals surface area contributed by atoms with E-state index in [1.165, 1.54) is 12.7 Å². The minimum absolute atomic E-state index is 0.168. The molecule has 0 amide bonds. The number of carbonyl (C=O) groups excluding carboxylic acids is 1. The Labute approximate surface area is 100 Å². The van der Waals surface area contributed by atoms with Gasteiger partial charge in [-0.2, -0.15) is 0 Å². The van der Waals surface area contributed by atoms with Crippen molar-refractivity contribution in [3.05, 3.63) is 23.1 Å². The highest BCUT2D eigenvalue weighted by Crippen LogP contribution is 2.30. The van der Waals surface area contributed by atoms with Crippen LogP contribution in [-0.4, -0.2) is 50.9 Å². The number of ether oxygens (including phenoxy) is 2. The van der Waals surface area contributed by atoms with E-state index in [4.69, 9.17) is 9.47 Å². The van der Waals surface area contributed by atoms with Gasteiger partial charge in [0.15, 0.2) is 11.5 Å². The van der Waals surface area contributed by atoms with Gasteiger partial charge < -0.3 is 14.4 Å². The first-order chi connectivity index (χ1) is 8.19. The molecule has 2 rings (SSSR count). The summed E-state index contributed by atoms with van der Waals surface area (Å²) in [6, 6.07) is -0.168. The Hall–Kier alpha value is -1.78. The van der Waals surface area contributed by atoms with E-state index in [0.717, 1.165) is 6.42 Å². The van der Waals surface area contributed by atoms with E-state index in [1.807, 2.05) is 18.2 Å². The second kappa shape index (κ2) is 4.61. The van der Waals surface area contributed by atoms with Crippen LogP contribution in [-0.2, 0) is 14.3 Å². The van der Waals surface area contributed by atoms with Gasteiger partial charge in [0.25, 0.3) is 0 Å². The van der Waals surface area contributed by atoms with Crippen LogP contribution in [0.3, 0.4) is 0 Å². The SMILES string of the molecule is COC(=O)C1=C(OC)C2N=CCC=C2CN1C. The summed E-state index contributed by atoms with van der Waals surface area (Å²) in [5, 5.41) is 0. The second-order valence-electron chi connectivity index (χ2n) is 4.01. The topological polar surface area (TPSA) is 51.1 Å². The molecule has 2 heterocycles. The lowest BCUT2D eigenvalue weighted by molar-refractivity contribution is -0.138. The number of likely N-dealkylation sites (N-methyl/N-ethyl adjacent to an activating group) is 1. The highest BCUT2D eigenvalue weighted by atomic mass is 16.5. The minimum atomic E-state index is -0.385. The van der Waals surface area contributed by atoms with Crippen molar-refractivity contribution in [1.29, 1.82) is 0 Å². The first kappa shape index (κ1) is 11.7. The zero-order valence-electron chi connectivity index (χ0n) is 10.3. The van der Waals surface area contributed by atoms with E-state index < -0.39 is 0 Å². The van der Waals surface area contributed by atoms with Crippen LogP contribution in [0.15, 0.2) is 28.1 Å². The monoisotopic (exact) mass is 236 g/mol. The average Bonchev–Trinajstić information content (AvgIpc) is 2.36. The third kappa shape index (κ3) is 1.92. The Kier molecular flexibility index (Phi) is 3.17. The van der Waals surface area contributed by atoms with Gasteiger partial charge >= 0.3 is 5.97 Å². The predicted octanol–water partition coefficient (Wildman–Crippen LogP) is 0.732. The van der Waals surface area contributed by atoms with Crippen molar-refractivity contribution in [2.75, 3.05) is 27.8 Å². The summed E-state index contributed by atoms with van der Waals surface area (Å²) in [5.41, 5.74) is 1.62. The molecule has 5 heteroatoms. The first-order valence-electron chi connectivity index (χ1n) is 5.47. The fourth-order valence-electron chi connectivity index (χ4n) is 2.20. The molecular weight excluding hydrogens is 220 g/mol. The van der Waals surface area contributed by atoms with Crippen molar-refractivity contribution in [1.82, 2.24) is 4.90 Å². The number of esters is 1. The largest absolute Gasteiger partial charge is 0.496 e. The number of hydrogen-bond donors (Lipinski definition) is 0. The van der Waals surface area contributed by atoms with Gasteiger partial charge in [-0.15, -0.1) is 0 Å². The molecule has 0 radical (unpaired) electrons. The van der Waals surface area contributed by atoms with E-state index in [2.05, 4.69) is 11.1 Å². The summed E-state index contributed by atoms with van der Waals surface area (Å²) >= 11 is 0. The molecule has 17 heavy (non-hydrogen) atoms. The smallest absolute Gasteiger partial charge is 0.357 e. The Morgan fingerprint density at radius 3 is 2.94 bits per heavy atom. The Balaban J connectivity index is 2.47. The molecule has 0 aromatic rings. The van der Waals surface area contributed by atoms with Crippen LogP contribution in [0, 0.1) is 0 Å². The predicted molar refractivity (Wildman–Crippen MR) is 63.7 cm³/mol. The van der Waals surface area contributed by atoms with Crippen molar-refractivity contribution in [2.45, 2.75) is 12.5 Å². The molecule has 2 aliphatic rings. The van der Waals surface area contributed by atoms with Crippen LogP contribution >= 0.6 is 0 Å². The van der Waals surface area contributed by atoms with Gasteiger partial charge in [-0.1, -0.05) is 6.08 Å². The maximum absolute atomic E-state index is 11.7. The quantitative estimate of drug-likeness (QED) is 0.524. The van der Waals surface area contributed by atoms with Gasteiger partial charge in [0.1, 0.15) is 6.04 Å². The summed E-state index contributed by atoms with van der Waals surface area (Å²) < 4.78 is 10.1. The van der Waals surface area contributed by atoms with E-state index in [-0.39, 0.29) is 12.0 Å². The summed E-state index contributed by atoms with van der Waals surface area (Å²) in [4.78, 5) is 18.0. The second-order valence-corrected chi connectivity index (χ2v) is 4.01. The molecule has 0 aromatic heterocycles. The molecule has 0 bridgehead atoms. The van der Waals surface area contributed by atoms with Gasteiger partial charge in [0, 0.05) is 26.2 Å². The Morgan fingerprint density at radius 1 is 1.53 bits per heavy atom. The molecule has 0 saturated heterocycles. The number of rotatable bonds is 2. The van der Waals surface area contributed by atoms with Gasteiger partial charge in [-0.05, 0) is 5.57 Å². The van der Waals surface area contributed by atoms with E-state index in [0.29, 0.717) is 18.0 Å². The van der Waals surface area contributed by atoms with Crippen molar-refractivity contribution >= 4 is 12.2 Å². The summed E-state index contributed by atoms with van der Waals surface area (Å²) in [6.45, 7) is 0.680. The summed E-state index contributed by atoms with van der Waals surface area (Å²) in [6.07, 6.45) is 4.80. The number of fused-ring (bicyclic) bond motifs is 1. The maximum Gasteiger partial charge on any atom is 0.357 e. The van der Waals surface area contributed by atoms with Gasteiger partial charge in [-0.25, -0.2) is 4.79 Å². The molecule has 5 nitrogen and oxygen atoms in total. The van der Waals surface area contributed by atoms with Crippen LogP contribution in [0.1, 0.15) is 6.42 Å². The number of hydrogen-bond acceptors (Lipinski definition) is 5. The highest BCUT2D eigenvalue weighted by Gasteiger charge is 2.35. The zero-order valence-corrected chi connectivity index (χ0v) is 10.3. The van der Waals surface area contributed by atoms with Crippen LogP contribution in [0.25, 0.3) is 0 Å². The lowest BCUT2D eigenvalue weighted by Gasteiger charge is -2.34. The highest BCUT2D eigenvalue weighted by molar-refractivity contribution is 5.89. The van der Waals surface area contributed by atoms with Gasteiger partial charge in [0.05, 0.1) is 14.2 Å². The normalized spacial score (nSPS) is 23.1. The van der Waals surface area contributed by atoms with Crippen molar-refractivity contribution < 1.29 is 14.3 Å². The first-order valence-corrected chi connectivity index (χ1v) is 5.47. The molecule has 0 spiro atoms. The molecule has 2 aliphatic heterocycles. The van der Waals surface area contributed by atoms with E-state index in [1.54, 1.807) is 7.11 Å². The third-order valence-corrected chi connectivity index (χ3v) is 2.97. The molecule has 0 N–H and O–H groups in total. The summed E-state index contributed by atoms with van der Waals surface area (Å²) in [5.74, 6) is 0.178.